The van der Waals surface area contributed by atoms with Gasteiger partial charge in [-0.15, -0.1) is 23.7 Å². The minimum absolute atomic E-state index is 0. The van der Waals surface area contributed by atoms with Crippen molar-refractivity contribution in [1.82, 2.24) is 9.29 Å². The molecule has 0 aliphatic carbocycles. The van der Waals surface area contributed by atoms with Crippen molar-refractivity contribution in [3.05, 3.63) is 52.5 Å². The summed E-state index contributed by atoms with van der Waals surface area (Å²) in [7, 11) is -0.321. The van der Waals surface area contributed by atoms with E-state index in [9.17, 15) is 8.42 Å². The van der Waals surface area contributed by atoms with Crippen LogP contribution < -0.4 is 5.32 Å². The molecule has 0 unspecified atom stereocenters. The Hall–Kier alpha value is -1.38. The van der Waals surface area contributed by atoms with Gasteiger partial charge in [0.05, 0.1) is 5.52 Å². The molecule has 0 atom stereocenters. The lowest BCUT2D eigenvalue weighted by molar-refractivity contribution is 0.523. The number of benzene rings is 1. The summed E-state index contributed by atoms with van der Waals surface area (Å²) in [6, 6.07) is 10.9. The zero-order chi connectivity index (χ0) is 17.3. The standard InChI is InChI=1S/C16H16ClN3O2S2.ClH/c1-20(2)24(21,22)16-6-4-12(23-16)10-19-14-7-8-18-15-9-11(17)3-5-13(14)15;/h3-9H,10H2,1-2H3,(H,18,19);1H. The summed E-state index contributed by atoms with van der Waals surface area (Å²) in [5.41, 5.74) is 1.75. The Bertz CT molecular complexity index is 988. The van der Waals surface area contributed by atoms with Gasteiger partial charge in [-0.3, -0.25) is 4.98 Å². The number of rotatable bonds is 5. The van der Waals surface area contributed by atoms with E-state index in [0.717, 1.165) is 21.5 Å². The van der Waals surface area contributed by atoms with Gasteiger partial charge < -0.3 is 5.32 Å². The highest BCUT2D eigenvalue weighted by Gasteiger charge is 2.19. The van der Waals surface area contributed by atoms with Crippen LogP contribution in [0.15, 0.2) is 46.8 Å². The second-order valence-electron chi connectivity index (χ2n) is 5.38. The van der Waals surface area contributed by atoms with Gasteiger partial charge in [0.15, 0.2) is 0 Å². The quantitative estimate of drug-likeness (QED) is 0.674. The SMILES string of the molecule is CN(C)S(=O)(=O)c1ccc(CNc2ccnc3cc(Cl)ccc23)s1.Cl. The van der Waals surface area contributed by atoms with Gasteiger partial charge in [0.1, 0.15) is 4.21 Å². The third-order valence-electron chi connectivity index (χ3n) is 3.53. The summed E-state index contributed by atoms with van der Waals surface area (Å²) in [5, 5.41) is 4.95. The van der Waals surface area contributed by atoms with E-state index < -0.39 is 10.0 Å². The number of thiophene rings is 1. The van der Waals surface area contributed by atoms with Gasteiger partial charge in [-0.25, -0.2) is 12.7 Å². The number of pyridine rings is 1. The largest absolute Gasteiger partial charge is 0.380 e. The molecule has 0 aliphatic heterocycles. The molecular formula is C16H17Cl2N3O2S2. The van der Waals surface area contributed by atoms with Gasteiger partial charge in [0, 0.05) is 47.8 Å². The van der Waals surface area contributed by atoms with E-state index in [1.54, 1.807) is 12.3 Å². The lowest BCUT2D eigenvalue weighted by atomic mass is 10.2. The fraction of sp³-hybridized carbons (Fsp3) is 0.188. The average Bonchev–Trinajstić information content (AvgIpc) is 3.02. The van der Waals surface area contributed by atoms with Crippen molar-refractivity contribution in [1.29, 1.82) is 0 Å². The minimum Gasteiger partial charge on any atom is -0.380 e. The molecule has 2 aromatic heterocycles. The topological polar surface area (TPSA) is 62.3 Å². The summed E-state index contributed by atoms with van der Waals surface area (Å²) in [6.45, 7) is 0.537. The van der Waals surface area contributed by atoms with Crippen LogP contribution in [0.4, 0.5) is 5.69 Å². The second kappa shape index (κ2) is 7.88. The molecule has 0 bridgehead atoms. The third kappa shape index (κ3) is 4.24. The van der Waals surface area contributed by atoms with Crippen LogP contribution in [0, 0.1) is 0 Å². The molecule has 2 heterocycles. The zero-order valence-electron chi connectivity index (χ0n) is 13.6. The monoisotopic (exact) mass is 417 g/mol. The molecule has 1 aromatic carbocycles. The number of hydrogen-bond acceptors (Lipinski definition) is 5. The van der Waals surface area contributed by atoms with Crippen LogP contribution in [-0.2, 0) is 16.6 Å². The van der Waals surface area contributed by atoms with Gasteiger partial charge in [-0.2, -0.15) is 0 Å². The molecule has 134 valence electrons. The Morgan fingerprint density at radius 3 is 2.68 bits per heavy atom. The maximum atomic E-state index is 12.1. The van der Waals surface area contributed by atoms with Crippen molar-refractivity contribution in [2.45, 2.75) is 10.8 Å². The van der Waals surface area contributed by atoms with E-state index in [0.29, 0.717) is 15.8 Å². The molecule has 0 aliphatic rings. The highest BCUT2D eigenvalue weighted by atomic mass is 35.5. The molecule has 0 saturated heterocycles. The highest BCUT2D eigenvalue weighted by molar-refractivity contribution is 7.91. The molecule has 3 aromatic rings. The lowest BCUT2D eigenvalue weighted by Gasteiger charge is -2.09. The minimum atomic E-state index is -3.38. The third-order valence-corrected chi connectivity index (χ3v) is 7.13. The molecule has 3 rings (SSSR count). The molecule has 5 nitrogen and oxygen atoms in total. The fourth-order valence-electron chi connectivity index (χ4n) is 2.23. The first kappa shape index (κ1) is 19.9. The van der Waals surface area contributed by atoms with Crippen LogP contribution in [0.3, 0.4) is 0 Å². The Balaban J connectivity index is 0.00000225. The van der Waals surface area contributed by atoms with Crippen molar-refractivity contribution >= 4 is 62.0 Å². The molecule has 0 fully saturated rings. The Morgan fingerprint density at radius 2 is 1.96 bits per heavy atom. The number of anilines is 1. The summed E-state index contributed by atoms with van der Waals surface area (Å²) in [6.07, 6.45) is 1.72. The van der Waals surface area contributed by atoms with Gasteiger partial charge in [0.2, 0.25) is 0 Å². The molecule has 25 heavy (non-hydrogen) atoms. The first-order valence-corrected chi connectivity index (χ1v) is 9.81. The number of fused-ring (bicyclic) bond motifs is 1. The molecule has 0 radical (unpaired) electrons. The predicted molar refractivity (Wildman–Crippen MR) is 107 cm³/mol. The summed E-state index contributed by atoms with van der Waals surface area (Å²) in [5.74, 6) is 0. The lowest BCUT2D eigenvalue weighted by Crippen LogP contribution is -2.21. The van der Waals surface area contributed by atoms with Crippen molar-refractivity contribution in [3.63, 3.8) is 0 Å². The molecular weight excluding hydrogens is 401 g/mol. The molecule has 0 spiro atoms. The maximum absolute atomic E-state index is 12.1. The van der Waals surface area contributed by atoms with Crippen molar-refractivity contribution < 1.29 is 8.42 Å². The number of sulfonamides is 1. The number of aromatic nitrogens is 1. The van der Waals surface area contributed by atoms with Crippen LogP contribution in [0.2, 0.25) is 5.02 Å². The summed E-state index contributed by atoms with van der Waals surface area (Å²) >= 11 is 7.26. The van der Waals surface area contributed by atoms with E-state index in [1.165, 1.54) is 29.7 Å². The van der Waals surface area contributed by atoms with E-state index in [2.05, 4.69) is 10.3 Å². The summed E-state index contributed by atoms with van der Waals surface area (Å²) < 4.78 is 25.8. The first-order chi connectivity index (χ1) is 11.4. The van der Waals surface area contributed by atoms with E-state index in [4.69, 9.17) is 11.6 Å². The average molecular weight is 418 g/mol. The van der Waals surface area contributed by atoms with Gasteiger partial charge in [-0.1, -0.05) is 11.6 Å². The van der Waals surface area contributed by atoms with Gasteiger partial charge >= 0.3 is 0 Å². The maximum Gasteiger partial charge on any atom is 0.252 e. The van der Waals surface area contributed by atoms with Crippen LogP contribution in [0.1, 0.15) is 4.88 Å². The number of nitrogens with zero attached hydrogens (tertiary/aromatic N) is 2. The van der Waals surface area contributed by atoms with E-state index in [1.807, 2.05) is 30.3 Å². The fourth-order valence-corrected chi connectivity index (χ4v) is 4.86. The zero-order valence-corrected chi connectivity index (χ0v) is 16.8. The molecule has 9 heteroatoms. The normalized spacial score (nSPS) is 11.5. The molecule has 0 saturated carbocycles. The Morgan fingerprint density at radius 1 is 1.20 bits per heavy atom. The number of hydrogen-bond donors (Lipinski definition) is 1. The molecule has 1 N–H and O–H groups in total. The van der Waals surface area contributed by atoms with Crippen LogP contribution >= 0.6 is 35.3 Å². The van der Waals surface area contributed by atoms with Gasteiger partial charge in [0.25, 0.3) is 10.0 Å². The van der Waals surface area contributed by atoms with Crippen molar-refractivity contribution in [2.75, 3.05) is 19.4 Å². The second-order valence-corrected chi connectivity index (χ2v) is 9.37. The Labute approximate surface area is 162 Å². The van der Waals surface area contributed by atoms with Crippen LogP contribution in [-0.4, -0.2) is 31.8 Å². The summed E-state index contributed by atoms with van der Waals surface area (Å²) in [4.78, 5) is 5.25. The first-order valence-electron chi connectivity index (χ1n) is 7.17. The smallest absolute Gasteiger partial charge is 0.252 e. The molecule has 0 amide bonds. The van der Waals surface area contributed by atoms with Crippen molar-refractivity contribution in [3.8, 4) is 0 Å². The Kier molecular flexibility index (Phi) is 6.29. The van der Waals surface area contributed by atoms with Crippen molar-refractivity contribution in [2.24, 2.45) is 0 Å². The number of halogens is 2. The van der Waals surface area contributed by atoms with Crippen LogP contribution in [0.5, 0.6) is 0 Å². The van der Waals surface area contributed by atoms with E-state index >= 15 is 0 Å². The van der Waals surface area contributed by atoms with E-state index in [-0.39, 0.29) is 12.4 Å². The number of nitrogens with one attached hydrogen (secondary N) is 1. The van der Waals surface area contributed by atoms with Gasteiger partial charge in [-0.05, 0) is 36.4 Å². The predicted octanol–water partition coefficient (Wildman–Crippen LogP) is 4.23. The highest BCUT2D eigenvalue weighted by Crippen LogP contribution is 2.27. The van der Waals surface area contributed by atoms with Crippen LogP contribution in [0.25, 0.3) is 10.9 Å².